The fraction of sp³-hybridized carbons (Fsp3) is 0.312. The Balaban J connectivity index is 2.12. The number of aliphatic hydroxyl groups excluding tert-OH is 1. The Morgan fingerprint density at radius 1 is 1.26 bits per heavy atom. The zero-order chi connectivity index (χ0) is 17.0. The number of nitrogens with one attached hydrogen (secondary N) is 1. The smallest absolute Gasteiger partial charge is 0.312 e. The third-order valence-corrected chi connectivity index (χ3v) is 4.38. The highest BCUT2D eigenvalue weighted by Gasteiger charge is 2.44. The molecule has 0 aliphatic heterocycles. The quantitative estimate of drug-likeness (QED) is 0.498. The molecular formula is C16H17NO5S. The van der Waals surface area contributed by atoms with Gasteiger partial charge in [-0.25, -0.2) is 0 Å². The van der Waals surface area contributed by atoms with E-state index in [0.29, 0.717) is 0 Å². The van der Waals surface area contributed by atoms with Gasteiger partial charge in [-0.05, 0) is 31.0 Å². The number of carbonyl (C=O) groups is 3. The minimum absolute atomic E-state index is 0.107. The minimum Gasteiger partial charge on any atom is -0.511 e. The van der Waals surface area contributed by atoms with E-state index >= 15 is 0 Å². The summed E-state index contributed by atoms with van der Waals surface area (Å²) in [5.74, 6) is -2.23. The number of benzene rings is 1. The first-order chi connectivity index (χ1) is 10.9. The van der Waals surface area contributed by atoms with E-state index in [1.54, 1.807) is 12.1 Å². The molecular weight excluding hydrogens is 318 g/mol. The van der Waals surface area contributed by atoms with Crippen LogP contribution in [0.4, 0.5) is 0 Å². The SMILES string of the molecule is COC(=O)C1(C)CC(=O)C(C(=O)NSc2ccccc2)=C(O)C1. The van der Waals surface area contributed by atoms with E-state index in [2.05, 4.69) is 9.46 Å². The van der Waals surface area contributed by atoms with Crippen molar-refractivity contribution in [3.05, 3.63) is 41.7 Å². The molecule has 0 saturated heterocycles. The lowest BCUT2D eigenvalue weighted by Gasteiger charge is -2.30. The van der Waals surface area contributed by atoms with Gasteiger partial charge in [0.15, 0.2) is 5.78 Å². The van der Waals surface area contributed by atoms with E-state index in [4.69, 9.17) is 0 Å². The van der Waals surface area contributed by atoms with Crippen LogP contribution in [0.3, 0.4) is 0 Å². The zero-order valence-electron chi connectivity index (χ0n) is 12.8. The molecule has 1 aromatic rings. The van der Waals surface area contributed by atoms with Crippen LogP contribution in [0.2, 0.25) is 0 Å². The number of esters is 1. The molecule has 0 spiro atoms. The van der Waals surface area contributed by atoms with Crippen molar-refractivity contribution in [3.63, 3.8) is 0 Å². The van der Waals surface area contributed by atoms with Gasteiger partial charge in [0.1, 0.15) is 11.3 Å². The molecule has 2 rings (SSSR count). The van der Waals surface area contributed by atoms with Gasteiger partial charge in [0.2, 0.25) is 0 Å². The van der Waals surface area contributed by atoms with Crippen molar-refractivity contribution in [1.82, 2.24) is 4.72 Å². The topological polar surface area (TPSA) is 92.7 Å². The molecule has 0 bridgehead atoms. The first kappa shape index (κ1) is 17.1. The van der Waals surface area contributed by atoms with Gasteiger partial charge in [-0.15, -0.1) is 0 Å². The first-order valence-corrected chi connectivity index (χ1v) is 7.75. The average Bonchev–Trinajstić information content (AvgIpc) is 2.52. The number of carbonyl (C=O) groups excluding carboxylic acids is 3. The highest BCUT2D eigenvalue weighted by molar-refractivity contribution is 7.98. The molecule has 1 aromatic carbocycles. The van der Waals surface area contributed by atoms with Gasteiger partial charge in [0.25, 0.3) is 5.91 Å². The van der Waals surface area contributed by atoms with E-state index in [0.717, 1.165) is 16.8 Å². The van der Waals surface area contributed by atoms with Crippen molar-refractivity contribution in [2.75, 3.05) is 7.11 Å². The van der Waals surface area contributed by atoms with Gasteiger partial charge >= 0.3 is 5.97 Å². The molecule has 1 aliphatic carbocycles. The maximum Gasteiger partial charge on any atom is 0.312 e. The second-order valence-electron chi connectivity index (χ2n) is 5.50. The van der Waals surface area contributed by atoms with Crippen LogP contribution in [0.25, 0.3) is 0 Å². The number of hydrogen-bond acceptors (Lipinski definition) is 6. The number of amides is 1. The van der Waals surface area contributed by atoms with Crippen molar-refractivity contribution >= 4 is 29.6 Å². The summed E-state index contributed by atoms with van der Waals surface area (Å²) >= 11 is 1.05. The molecule has 1 amide bonds. The number of Topliss-reactive ketones (excluding diaryl/α,β-unsaturated/α-hetero) is 1. The van der Waals surface area contributed by atoms with Gasteiger partial charge < -0.3 is 9.84 Å². The number of hydrogen-bond donors (Lipinski definition) is 2. The number of rotatable bonds is 4. The summed E-state index contributed by atoms with van der Waals surface area (Å²) in [6.45, 7) is 1.53. The van der Waals surface area contributed by atoms with E-state index < -0.39 is 23.1 Å². The number of ketones is 1. The van der Waals surface area contributed by atoms with E-state index in [-0.39, 0.29) is 24.2 Å². The van der Waals surface area contributed by atoms with Gasteiger partial charge in [0, 0.05) is 17.7 Å². The van der Waals surface area contributed by atoms with Crippen LogP contribution in [0, 0.1) is 5.41 Å². The van der Waals surface area contributed by atoms with Crippen molar-refractivity contribution in [2.24, 2.45) is 5.41 Å². The standard InChI is InChI=1S/C16H17NO5S/c1-16(15(21)22-2)8-11(18)13(12(19)9-16)14(20)17-23-10-6-4-3-5-7-10/h3-7,18H,8-9H2,1-2H3,(H,17,20). The fourth-order valence-electron chi connectivity index (χ4n) is 2.42. The minimum atomic E-state index is -1.15. The van der Waals surface area contributed by atoms with Crippen LogP contribution in [0.15, 0.2) is 46.6 Å². The number of ether oxygens (including phenoxy) is 1. The first-order valence-electron chi connectivity index (χ1n) is 6.93. The normalized spacial score (nSPS) is 21.0. The lowest BCUT2D eigenvalue weighted by atomic mass is 9.75. The summed E-state index contributed by atoms with van der Waals surface area (Å²) in [6.07, 6.45) is -0.285. The van der Waals surface area contributed by atoms with Gasteiger partial charge in [-0.3, -0.25) is 19.1 Å². The summed E-state index contributed by atoms with van der Waals surface area (Å²) in [4.78, 5) is 36.9. The van der Waals surface area contributed by atoms with Crippen LogP contribution in [0.1, 0.15) is 19.8 Å². The second-order valence-corrected chi connectivity index (χ2v) is 6.38. The second kappa shape index (κ2) is 6.87. The lowest BCUT2D eigenvalue weighted by Crippen LogP contribution is -2.39. The molecule has 0 saturated carbocycles. The third-order valence-electron chi connectivity index (χ3n) is 3.59. The Morgan fingerprint density at radius 3 is 2.48 bits per heavy atom. The van der Waals surface area contributed by atoms with Crippen molar-refractivity contribution in [1.29, 1.82) is 0 Å². The van der Waals surface area contributed by atoms with Crippen molar-refractivity contribution < 1.29 is 24.2 Å². The summed E-state index contributed by atoms with van der Waals surface area (Å²) in [5, 5.41) is 10.1. The molecule has 0 heterocycles. The molecule has 1 atom stereocenters. The summed E-state index contributed by atoms with van der Waals surface area (Å²) in [6, 6.07) is 9.09. The molecule has 1 unspecified atom stereocenters. The molecule has 23 heavy (non-hydrogen) atoms. The Morgan fingerprint density at radius 2 is 1.91 bits per heavy atom. The summed E-state index contributed by atoms with van der Waals surface area (Å²) in [7, 11) is 1.22. The van der Waals surface area contributed by atoms with Crippen LogP contribution in [0.5, 0.6) is 0 Å². The highest BCUT2D eigenvalue weighted by atomic mass is 32.2. The van der Waals surface area contributed by atoms with Crippen molar-refractivity contribution in [2.45, 2.75) is 24.7 Å². The van der Waals surface area contributed by atoms with Crippen LogP contribution < -0.4 is 4.72 Å². The zero-order valence-corrected chi connectivity index (χ0v) is 13.6. The fourth-order valence-corrected chi connectivity index (χ4v) is 3.02. The molecule has 0 fully saturated rings. The van der Waals surface area contributed by atoms with Crippen LogP contribution in [-0.2, 0) is 19.1 Å². The molecule has 6 nitrogen and oxygen atoms in total. The molecule has 122 valence electrons. The monoisotopic (exact) mass is 335 g/mol. The van der Waals surface area contributed by atoms with E-state index in [9.17, 15) is 19.5 Å². The van der Waals surface area contributed by atoms with Gasteiger partial charge in [-0.1, -0.05) is 18.2 Å². The maximum atomic E-state index is 12.2. The van der Waals surface area contributed by atoms with Crippen LogP contribution >= 0.6 is 11.9 Å². The Hall–Kier alpha value is -2.28. The Labute approximate surface area is 138 Å². The van der Waals surface area contributed by atoms with Gasteiger partial charge in [0.05, 0.1) is 12.5 Å². The van der Waals surface area contributed by atoms with Crippen molar-refractivity contribution in [3.8, 4) is 0 Å². The third kappa shape index (κ3) is 3.73. The largest absolute Gasteiger partial charge is 0.511 e. The summed E-state index contributed by atoms with van der Waals surface area (Å²) < 4.78 is 7.18. The molecule has 0 aromatic heterocycles. The highest BCUT2D eigenvalue weighted by Crippen LogP contribution is 2.37. The lowest BCUT2D eigenvalue weighted by molar-refractivity contribution is -0.154. The Kier molecular flexibility index (Phi) is 5.10. The van der Waals surface area contributed by atoms with E-state index in [1.165, 1.54) is 14.0 Å². The average molecular weight is 335 g/mol. The van der Waals surface area contributed by atoms with Gasteiger partial charge in [-0.2, -0.15) is 0 Å². The molecule has 1 aliphatic rings. The maximum absolute atomic E-state index is 12.2. The summed E-state index contributed by atoms with van der Waals surface area (Å²) in [5.41, 5.74) is -1.44. The number of allylic oxidation sites excluding steroid dienone is 1. The molecule has 7 heteroatoms. The number of aliphatic hydroxyl groups is 1. The Bertz CT molecular complexity index is 670. The van der Waals surface area contributed by atoms with Crippen LogP contribution in [-0.4, -0.2) is 29.9 Å². The predicted molar refractivity (Wildman–Crippen MR) is 84.5 cm³/mol. The molecule has 2 N–H and O–H groups in total. The predicted octanol–water partition coefficient (Wildman–Crippen LogP) is 2.16. The van der Waals surface area contributed by atoms with E-state index in [1.807, 2.05) is 18.2 Å². The molecule has 0 radical (unpaired) electrons. The number of methoxy groups -OCH3 is 1.